The molecule has 0 N–H and O–H groups in total. The Labute approximate surface area is 205 Å². The number of ether oxygens (including phenoxy) is 3. The molecule has 0 aliphatic rings. The molecule has 0 amide bonds. The number of carbonyl (C=O) groups is 2. The highest BCUT2D eigenvalue weighted by atomic mass is 16.5. The number of benzene rings is 3. The molecule has 0 saturated carbocycles. The van der Waals surface area contributed by atoms with Crippen LogP contribution in [0, 0.1) is 0 Å². The molecule has 5 nitrogen and oxygen atoms in total. The molecule has 0 bridgehead atoms. The van der Waals surface area contributed by atoms with E-state index in [2.05, 4.69) is 19.7 Å². The van der Waals surface area contributed by atoms with Crippen LogP contribution in [-0.4, -0.2) is 18.5 Å². The van der Waals surface area contributed by atoms with Crippen LogP contribution >= 0.6 is 0 Å². The first kappa shape index (κ1) is 25.0. The third kappa shape index (κ3) is 8.02. The van der Waals surface area contributed by atoms with E-state index in [4.69, 9.17) is 14.2 Å². The quantitative estimate of drug-likeness (QED) is 0.109. The lowest BCUT2D eigenvalue weighted by Gasteiger charge is -2.08. The molecular weight excluding hydrogens is 440 g/mol. The van der Waals surface area contributed by atoms with Gasteiger partial charge in [-0.1, -0.05) is 74.3 Å². The summed E-state index contributed by atoms with van der Waals surface area (Å²) in [7, 11) is 0. The van der Waals surface area contributed by atoms with E-state index in [0.29, 0.717) is 30.3 Å². The smallest absolute Gasteiger partial charge is 0.335 e. The Morgan fingerprint density at radius 1 is 0.714 bits per heavy atom. The molecule has 3 rings (SSSR count). The van der Waals surface area contributed by atoms with Gasteiger partial charge in [0.2, 0.25) is 0 Å². The second-order valence-electron chi connectivity index (χ2n) is 7.44. The molecular formula is C30H26O5. The van der Waals surface area contributed by atoms with Gasteiger partial charge in [0, 0.05) is 18.6 Å². The Bertz CT molecular complexity index is 1220. The summed E-state index contributed by atoms with van der Waals surface area (Å²) in [6.45, 7) is 11.0. The topological polar surface area (TPSA) is 61.8 Å². The van der Waals surface area contributed by atoms with Crippen molar-refractivity contribution in [3.8, 4) is 22.6 Å². The lowest BCUT2D eigenvalue weighted by Crippen LogP contribution is -2.04. The number of rotatable bonds is 11. The van der Waals surface area contributed by atoms with Gasteiger partial charge >= 0.3 is 11.9 Å². The number of esters is 2. The van der Waals surface area contributed by atoms with E-state index in [1.165, 1.54) is 0 Å². The van der Waals surface area contributed by atoms with Crippen molar-refractivity contribution < 1.29 is 23.8 Å². The van der Waals surface area contributed by atoms with Gasteiger partial charge < -0.3 is 14.2 Å². The van der Waals surface area contributed by atoms with Crippen molar-refractivity contribution >= 4 is 18.0 Å². The summed E-state index contributed by atoms with van der Waals surface area (Å²) in [5, 5.41) is 0. The lowest BCUT2D eigenvalue weighted by molar-refractivity contribution is -0.137. The van der Waals surface area contributed by atoms with E-state index in [0.717, 1.165) is 34.4 Å². The van der Waals surface area contributed by atoms with Crippen molar-refractivity contribution in [3.63, 3.8) is 0 Å². The van der Waals surface area contributed by atoms with Crippen LogP contribution in [0.2, 0.25) is 0 Å². The minimum absolute atomic E-state index is 0.319. The molecule has 0 unspecified atom stereocenters. The Balaban J connectivity index is 1.51. The number of hydrogen-bond acceptors (Lipinski definition) is 5. The first-order chi connectivity index (χ1) is 17.0. The highest BCUT2D eigenvalue weighted by Gasteiger charge is 2.03. The highest BCUT2D eigenvalue weighted by molar-refractivity contribution is 5.83. The minimum atomic E-state index is -0.491. The first-order valence-electron chi connectivity index (χ1n) is 10.9. The molecule has 0 spiro atoms. The van der Waals surface area contributed by atoms with Crippen molar-refractivity contribution in [2.45, 2.75) is 6.42 Å². The Morgan fingerprint density at radius 2 is 1.26 bits per heavy atom. The average Bonchev–Trinajstić information content (AvgIpc) is 2.89. The van der Waals surface area contributed by atoms with Gasteiger partial charge in [-0.3, -0.25) is 0 Å². The minimum Gasteiger partial charge on any atom is -0.462 e. The van der Waals surface area contributed by atoms with Crippen molar-refractivity contribution in [3.05, 3.63) is 128 Å². The van der Waals surface area contributed by atoms with Crippen LogP contribution in [-0.2, 0) is 20.7 Å². The second kappa shape index (κ2) is 12.6. The molecule has 3 aromatic rings. The summed E-state index contributed by atoms with van der Waals surface area (Å²) in [6.07, 6.45) is 6.64. The summed E-state index contributed by atoms with van der Waals surface area (Å²) in [4.78, 5) is 22.4. The van der Waals surface area contributed by atoms with Gasteiger partial charge in [0.15, 0.2) is 0 Å². The molecule has 0 aliphatic heterocycles. The second-order valence-corrected chi connectivity index (χ2v) is 7.44. The number of allylic oxidation sites excluding steroid dienone is 1. The molecule has 35 heavy (non-hydrogen) atoms. The van der Waals surface area contributed by atoms with Gasteiger partial charge in [0.25, 0.3) is 0 Å². The third-order valence-corrected chi connectivity index (χ3v) is 4.92. The molecule has 0 heterocycles. The number of hydrogen-bond donors (Lipinski definition) is 0. The Morgan fingerprint density at radius 3 is 1.80 bits per heavy atom. The Hall–Kier alpha value is -4.64. The van der Waals surface area contributed by atoms with Crippen molar-refractivity contribution in [2.75, 3.05) is 6.61 Å². The van der Waals surface area contributed by atoms with E-state index < -0.39 is 11.9 Å². The maximum absolute atomic E-state index is 11.3. The standard InChI is InChI=1S/C30H26O5/c1-4-29(31)33-21-20-24-10-8-23(9-11-24)7-6-22(3)34-27-16-12-25(13-17-27)26-14-18-28(19-15-26)35-30(32)5-2/h4-19H,1-3,20-21H2/b7-6+. The zero-order valence-corrected chi connectivity index (χ0v) is 19.3. The molecule has 0 radical (unpaired) electrons. The van der Waals surface area contributed by atoms with Gasteiger partial charge in [-0.25, -0.2) is 9.59 Å². The SMILES string of the molecule is C=CC(=O)OCCc1ccc(/C=C/C(=C)Oc2ccc(-c3ccc(OC(=O)C=C)cc3)cc2)cc1. The summed E-state index contributed by atoms with van der Waals surface area (Å²) >= 11 is 0. The van der Waals surface area contributed by atoms with Crippen LogP contribution in [0.4, 0.5) is 0 Å². The van der Waals surface area contributed by atoms with Crippen molar-refractivity contribution in [1.29, 1.82) is 0 Å². The van der Waals surface area contributed by atoms with Crippen molar-refractivity contribution in [1.82, 2.24) is 0 Å². The average molecular weight is 467 g/mol. The van der Waals surface area contributed by atoms with Crippen LogP contribution in [0.1, 0.15) is 11.1 Å². The van der Waals surface area contributed by atoms with Gasteiger partial charge in [0.1, 0.15) is 17.3 Å². The summed E-state index contributed by atoms with van der Waals surface area (Å²) in [5.41, 5.74) is 4.05. The molecule has 0 atom stereocenters. The van der Waals surface area contributed by atoms with E-state index in [9.17, 15) is 9.59 Å². The third-order valence-electron chi connectivity index (χ3n) is 4.92. The lowest BCUT2D eigenvalue weighted by atomic mass is 10.1. The van der Waals surface area contributed by atoms with Crippen molar-refractivity contribution in [2.24, 2.45) is 0 Å². The largest absolute Gasteiger partial charge is 0.462 e. The zero-order valence-electron chi connectivity index (χ0n) is 19.3. The van der Waals surface area contributed by atoms with E-state index >= 15 is 0 Å². The molecule has 5 heteroatoms. The number of carbonyl (C=O) groups excluding carboxylic acids is 2. The monoisotopic (exact) mass is 466 g/mol. The molecule has 0 aromatic heterocycles. The van der Waals surface area contributed by atoms with E-state index in [-0.39, 0.29) is 0 Å². The van der Waals surface area contributed by atoms with E-state index in [1.807, 2.05) is 66.7 Å². The van der Waals surface area contributed by atoms with Crippen LogP contribution in [0.3, 0.4) is 0 Å². The Kier molecular flexibility index (Phi) is 8.97. The maximum Gasteiger partial charge on any atom is 0.335 e. The molecule has 0 saturated heterocycles. The van der Waals surface area contributed by atoms with Crippen LogP contribution in [0.15, 0.2) is 117 Å². The molecule has 0 aliphatic carbocycles. The fourth-order valence-electron chi connectivity index (χ4n) is 3.09. The van der Waals surface area contributed by atoms with Gasteiger partial charge in [-0.05, 0) is 52.6 Å². The van der Waals surface area contributed by atoms with E-state index in [1.54, 1.807) is 18.2 Å². The predicted molar refractivity (Wildman–Crippen MR) is 138 cm³/mol. The molecule has 176 valence electrons. The zero-order chi connectivity index (χ0) is 25.0. The molecule has 0 fully saturated rings. The van der Waals surface area contributed by atoms with Crippen LogP contribution in [0.5, 0.6) is 11.5 Å². The van der Waals surface area contributed by atoms with Crippen LogP contribution in [0.25, 0.3) is 17.2 Å². The summed E-state index contributed by atoms with van der Waals surface area (Å²) in [6, 6.07) is 22.8. The predicted octanol–water partition coefficient (Wildman–Crippen LogP) is 6.32. The maximum atomic E-state index is 11.3. The summed E-state index contributed by atoms with van der Waals surface area (Å²) in [5.74, 6) is 0.732. The normalized spacial score (nSPS) is 10.4. The fraction of sp³-hybridized carbons (Fsp3) is 0.0667. The summed E-state index contributed by atoms with van der Waals surface area (Å²) < 4.78 is 15.9. The van der Waals surface area contributed by atoms with Gasteiger partial charge in [-0.2, -0.15) is 0 Å². The highest BCUT2D eigenvalue weighted by Crippen LogP contribution is 2.25. The van der Waals surface area contributed by atoms with Gasteiger partial charge in [-0.15, -0.1) is 0 Å². The van der Waals surface area contributed by atoms with Crippen LogP contribution < -0.4 is 9.47 Å². The first-order valence-corrected chi connectivity index (χ1v) is 10.9. The molecule has 3 aromatic carbocycles. The van der Waals surface area contributed by atoms with Gasteiger partial charge in [0.05, 0.1) is 6.61 Å². The fourth-order valence-corrected chi connectivity index (χ4v) is 3.09.